The summed E-state index contributed by atoms with van der Waals surface area (Å²) in [5.74, 6) is -0.300. The van der Waals surface area contributed by atoms with Gasteiger partial charge in [0.2, 0.25) is 0 Å². The average Bonchev–Trinajstić information content (AvgIpc) is 3.18. The number of nitrogens with zero attached hydrogens (tertiary/aromatic N) is 2. The summed E-state index contributed by atoms with van der Waals surface area (Å²) in [6, 6.07) is 15.9. The lowest BCUT2D eigenvalue weighted by Crippen LogP contribution is -2.45. The number of carbonyl (C=O) groups is 1. The normalized spacial score (nSPS) is 16.4. The average molecular weight is 456 g/mol. The highest BCUT2D eigenvalue weighted by atomic mass is 35.5. The molecule has 2 heterocycles. The topological polar surface area (TPSA) is 54.5 Å². The number of thiazole rings is 1. The molecule has 5 nitrogen and oxygen atoms in total. The molecule has 31 heavy (non-hydrogen) atoms. The molecule has 2 aromatic carbocycles. The number of nitrogens with one attached hydrogen (secondary N) is 1. The van der Waals surface area contributed by atoms with Crippen LogP contribution in [-0.4, -0.2) is 37.2 Å². The van der Waals surface area contributed by atoms with Crippen LogP contribution in [0.5, 0.6) is 0 Å². The molecule has 3 aromatic rings. The van der Waals surface area contributed by atoms with Gasteiger partial charge in [-0.2, -0.15) is 0 Å². The summed E-state index contributed by atoms with van der Waals surface area (Å²) in [7, 11) is 1.41. The van der Waals surface area contributed by atoms with Gasteiger partial charge < -0.3 is 15.0 Å². The Labute approximate surface area is 192 Å². The van der Waals surface area contributed by atoms with Crippen molar-refractivity contribution in [2.24, 2.45) is 0 Å². The van der Waals surface area contributed by atoms with Gasteiger partial charge in [0, 0.05) is 46.8 Å². The molecule has 0 saturated carbocycles. The van der Waals surface area contributed by atoms with Crippen molar-refractivity contribution in [2.45, 2.75) is 32.4 Å². The Morgan fingerprint density at radius 1 is 1.29 bits per heavy atom. The minimum atomic E-state index is -0.300. The van der Waals surface area contributed by atoms with Crippen molar-refractivity contribution >= 4 is 34.6 Å². The number of halogens is 1. The van der Waals surface area contributed by atoms with Crippen LogP contribution < -0.4 is 10.2 Å². The number of hydrogen-bond donors (Lipinski definition) is 1. The van der Waals surface area contributed by atoms with Gasteiger partial charge in [-0.15, -0.1) is 11.3 Å². The maximum Gasteiger partial charge on any atom is 0.337 e. The molecule has 1 fully saturated rings. The number of benzene rings is 2. The first-order chi connectivity index (χ1) is 15.0. The summed E-state index contributed by atoms with van der Waals surface area (Å²) in [5, 5.41) is 5.48. The van der Waals surface area contributed by atoms with Crippen molar-refractivity contribution in [3.63, 3.8) is 0 Å². The van der Waals surface area contributed by atoms with E-state index in [0.717, 1.165) is 59.5 Å². The quantitative estimate of drug-likeness (QED) is 0.510. The van der Waals surface area contributed by atoms with Gasteiger partial charge in [-0.3, -0.25) is 0 Å². The Morgan fingerprint density at radius 3 is 2.87 bits per heavy atom. The number of anilines is 1. The van der Waals surface area contributed by atoms with E-state index in [1.165, 1.54) is 12.0 Å². The summed E-state index contributed by atoms with van der Waals surface area (Å²) in [4.78, 5) is 20.2. The number of methoxy groups -OCH3 is 1. The van der Waals surface area contributed by atoms with Gasteiger partial charge in [-0.05, 0) is 50.1 Å². The maximum atomic E-state index is 11.9. The molecular weight excluding hydrogens is 430 g/mol. The summed E-state index contributed by atoms with van der Waals surface area (Å²) < 4.78 is 4.86. The molecule has 0 amide bonds. The molecule has 162 valence electrons. The van der Waals surface area contributed by atoms with E-state index in [2.05, 4.69) is 23.2 Å². The number of esters is 1. The van der Waals surface area contributed by atoms with Gasteiger partial charge >= 0.3 is 5.97 Å². The van der Waals surface area contributed by atoms with Gasteiger partial charge in [-0.25, -0.2) is 9.78 Å². The Bertz CT molecular complexity index is 1050. The standard InChI is InChI=1S/C24H26ClN3O2S/c1-16-22(31-23(27-16)17-8-10-19(25)11-9-17)14-26-20-6-4-12-28(15-20)21-7-3-5-18(13-21)24(29)30-2/h3,5,7-11,13,20,26H,4,6,12,14-15H2,1-2H3. The van der Waals surface area contributed by atoms with Crippen LogP contribution in [0.4, 0.5) is 5.69 Å². The third-order valence-corrected chi connectivity index (χ3v) is 7.05. The molecule has 1 saturated heterocycles. The molecule has 0 aliphatic carbocycles. The van der Waals surface area contributed by atoms with Crippen LogP contribution in [0.15, 0.2) is 48.5 Å². The van der Waals surface area contributed by atoms with Crippen molar-refractivity contribution in [3.05, 3.63) is 69.7 Å². The first-order valence-corrected chi connectivity index (χ1v) is 11.6. The van der Waals surface area contributed by atoms with Gasteiger partial charge in [0.1, 0.15) is 5.01 Å². The van der Waals surface area contributed by atoms with Crippen LogP contribution in [-0.2, 0) is 11.3 Å². The smallest absolute Gasteiger partial charge is 0.337 e. The van der Waals surface area contributed by atoms with Crippen molar-refractivity contribution in [3.8, 4) is 10.6 Å². The number of aryl methyl sites for hydroxylation is 1. The second-order valence-electron chi connectivity index (χ2n) is 7.74. The Morgan fingerprint density at radius 2 is 2.10 bits per heavy atom. The van der Waals surface area contributed by atoms with E-state index in [4.69, 9.17) is 21.3 Å². The first kappa shape index (κ1) is 21.8. The lowest BCUT2D eigenvalue weighted by Gasteiger charge is -2.35. The molecule has 7 heteroatoms. The van der Waals surface area contributed by atoms with E-state index >= 15 is 0 Å². The molecule has 1 aliphatic rings. The third-order valence-electron chi connectivity index (χ3n) is 5.59. The predicted octanol–water partition coefficient (Wildman–Crippen LogP) is 5.32. The minimum absolute atomic E-state index is 0.300. The molecule has 0 radical (unpaired) electrons. The molecule has 1 N–H and O–H groups in total. The van der Waals surface area contributed by atoms with Crippen molar-refractivity contribution in [2.75, 3.05) is 25.1 Å². The van der Waals surface area contributed by atoms with E-state index in [0.29, 0.717) is 11.6 Å². The zero-order chi connectivity index (χ0) is 21.8. The lowest BCUT2D eigenvalue weighted by molar-refractivity contribution is 0.0601. The highest BCUT2D eigenvalue weighted by molar-refractivity contribution is 7.15. The van der Waals surface area contributed by atoms with Crippen LogP contribution >= 0.6 is 22.9 Å². The summed E-state index contributed by atoms with van der Waals surface area (Å²) >= 11 is 7.74. The number of rotatable bonds is 6. The zero-order valence-corrected chi connectivity index (χ0v) is 19.3. The fourth-order valence-corrected chi connectivity index (χ4v) is 5.02. The number of ether oxygens (including phenoxy) is 1. The Balaban J connectivity index is 1.39. The molecular formula is C24H26ClN3O2S. The number of hydrogen-bond acceptors (Lipinski definition) is 6. The van der Waals surface area contributed by atoms with Crippen LogP contribution in [0.25, 0.3) is 10.6 Å². The maximum absolute atomic E-state index is 11.9. The molecule has 1 aliphatic heterocycles. The molecule has 1 atom stereocenters. The monoisotopic (exact) mass is 455 g/mol. The van der Waals surface area contributed by atoms with Crippen LogP contribution in [0.2, 0.25) is 5.02 Å². The van der Waals surface area contributed by atoms with E-state index in [1.54, 1.807) is 17.4 Å². The van der Waals surface area contributed by atoms with Gasteiger partial charge in [0.05, 0.1) is 18.4 Å². The largest absolute Gasteiger partial charge is 0.465 e. The SMILES string of the molecule is COC(=O)c1cccc(N2CCCC(NCc3sc(-c4ccc(Cl)cc4)nc3C)C2)c1. The zero-order valence-electron chi connectivity index (χ0n) is 17.7. The number of aromatic nitrogens is 1. The highest BCUT2D eigenvalue weighted by Crippen LogP contribution is 2.29. The number of carbonyl (C=O) groups excluding carboxylic acids is 1. The predicted molar refractivity (Wildman–Crippen MR) is 127 cm³/mol. The van der Waals surface area contributed by atoms with Crippen molar-refractivity contribution in [1.29, 1.82) is 0 Å². The first-order valence-electron chi connectivity index (χ1n) is 10.4. The van der Waals surface area contributed by atoms with Crippen LogP contribution in [0.3, 0.4) is 0 Å². The Kier molecular flexibility index (Phi) is 6.90. The second kappa shape index (κ2) is 9.81. The highest BCUT2D eigenvalue weighted by Gasteiger charge is 2.21. The van der Waals surface area contributed by atoms with E-state index in [9.17, 15) is 4.79 Å². The van der Waals surface area contributed by atoms with E-state index < -0.39 is 0 Å². The van der Waals surface area contributed by atoms with Crippen LogP contribution in [0.1, 0.15) is 33.8 Å². The second-order valence-corrected chi connectivity index (χ2v) is 9.26. The van der Waals surface area contributed by atoms with E-state index in [1.807, 2.05) is 36.4 Å². The number of piperidine rings is 1. The van der Waals surface area contributed by atoms with E-state index in [-0.39, 0.29) is 5.97 Å². The summed E-state index contributed by atoms with van der Waals surface area (Å²) in [5.41, 5.74) is 3.82. The molecule has 0 bridgehead atoms. The molecule has 1 unspecified atom stereocenters. The summed E-state index contributed by atoms with van der Waals surface area (Å²) in [6.45, 7) is 4.77. The van der Waals surface area contributed by atoms with Gasteiger partial charge in [0.15, 0.2) is 0 Å². The summed E-state index contributed by atoms with van der Waals surface area (Å²) in [6.07, 6.45) is 2.24. The van der Waals surface area contributed by atoms with Gasteiger partial charge in [-0.1, -0.05) is 29.8 Å². The van der Waals surface area contributed by atoms with Crippen molar-refractivity contribution < 1.29 is 9.53 Å². The third kappa shape index (κ3) is 5.26. The Hall–Kier alpha value is -2.41. The molecule has 1 aromatic heterocycles. The molecule has 4 rings (SSSR count). The fourth-order valence-electron chi connectivity index (χ4n) is 3.87. The van der Waals surface area contributed by atoms with Crippen molar-refractivity contribution in [1.82, 2.24) is 10.3 Å². The fraction of sp³-hybridized carbons (Fsp3) is 0.333. The minimum Gasteiger partial charge on any atom is -0.465 e. The lowest BCUT2D eigenvalue weighted by atomic mass is 10.0. The molecule has 0 spiro atoms. The van der Waals surface area contributed by atoms with Crippen LogP contribution in [0, 0.1) is 6.92 Å². The van der Waals surface area contributed by atoms with Gasteiger partial charge in [0.25, 0.3) is 0 Å².